The van der Waals surface area contributed by atoms with Crippen LogP contribution in [0.5, 0.6) is 0 Å². The summed E-state index contributed by atoms with van der Waals surface area (Å²) in [5.41, 5.74) is -0.983. The van der Waals surface area contributed by atoms with Crippen molar-refractivity contribution in [3.05, 3.63) is 32.6 Å². The minimum atomic E-state index is -0.854. The van der Waals surface area contributed by atoms with E-state index in [1.807, 2.05) is 0 Å². The Morgan fingerprint density at radius 2 is 2.27 bits per heavy atom. The van der Waals surface area contributed by atoms with E-state index in [1.54, 1.807) is 0 Å². The van der Waals surface area contributed by atoms with Crippen molar-refractivity contribution in [3.8, 4) is 11.8 Å². The van der Waals surface area contributed by atoms with Crippen LogP contribution in [0, 0.1) is 11.8 Å². The highest BCUT2D eigenvalue weighted by molar-refractivity contribution is 5.29. The van der Waals surface area contributed by atoms with Gasteiger partial charge in [0.2, 0.25) is 0 Å². The van der Waals surface area contributed by atoms with Crippen molar-refractivity contribution in [2.45, 2.75) is 51.0 Å². The number of H-pyrrole nitrogens is 1. The highest BCUT2D eigenvalue weighted by atomic mass is 16.5. The molecule has 0 radical (unpaired) electrons. The fourth-order valence-corrected chi connectivity index (χ4v) is 2.26. The molecular weight excluding hydrogens is 288 g/mol. The molecule has 1 aromatic rings. The molecule has 1 saturated heterocycles. The smallest absolute Gasteiger partial charge is 0.330 e. The highest BCUT2D eigenvalue weighted by Gasteiger charge is 2.35. The first kappa shape index (κ1) is 16.5. The van der Waals surface area contributed by atoms with Crippen LogP contribution in [0.3, 0.4) is 0 Å². The van der Waals surface area contributed by atoms with Crippen LogP contribution in [0.2, 0.25) is 0 Å². The topological polar surface area (TPSA) is 105 Å². The number of aromatic nitrogens is 2. The third kappa shape index (κ3) is 3.65. The van der Waals surface area contributed by atoms with Crippen LogP contribution in [0.1, 0.15) is 44.4 Å². The predicted molar refractivity (Wildman–Crippen MR) is 79.3 cm³/mol. The van der Waals surface area contributed by atoms with Crippen LogP contribution in [-0.4, -0.2) is 38.6 Å². The van der Waals surface area contributed by atoms with Crippen LogP contribution in [0.4, 0.5) is 0 Å². The Bertz CT molecular complexity index is 682. The van der Waals surface area contributed by atoms with E-state index in [-0.39, 0.29) is 18.6 Å². The molecule has 1 fully saturated rings. The first-order valence-corrected chi connectivity index (χ1v) is 7.35. The number of nitrogens with zero attached hydrogens (tertiary/aromatic N) is 1. The molecule has 120 valence electrons. The Labute approximate surface area is 127 Å². The molecule has 7 heteroatoms. The first-order valence-electron chi connectivity index (χ1n) is 7.35. The minimum Gasteiger partial charge on any atom is -0.394 e. The van der Waals surface area contributed by atoms with E-state index in [0.29, 0.717) is 6.42 Å². The third-order valence-corrected chi connectivity index (χ3v) is 3.54. The number of ether oxygens (including phenoxy) is 1. The molecule has 0 bridgehead atoms. The molecular formula is C15H20N2O5. The number of rotatable bonds is 4. The maximum Gasteiger partial charge on any atom is 0.330 e. The molecule has 1 aromatic heterocycles. The Balaban J connectivity index is 2.27. The normalized spacial score (nSPS) is 24.0. The third-order valence-electron chi connectivity index (χ3n) is 3.54. The minimum absolute atomic E-state index is 0.167. The van der Waals surface area contributed by atoms with Crippen molar-refractivity contribution in [2.24, 2.45) is 0 Å². The number of nitrogens with one attached hydrogen (secondary N) is 1. The van der Waals surface area contributed by atoms with Crippen molar-refractivity contribution in [3.63, 3.8) is 0 Å². The van der Waals surface area contributed by atoms with Crippen molar-refractivity contribution < 1.29 is 14.9 Å². The second-order valence-corrected chi connectivity index (χ2v) is 5.23. The largest absolute Gasteiger partial charge is 0.394 e. The number of aliphatic hydroxyl groups is 2. The van der Waals surface area contributed by atoms with Gasteiger partial charge in [-0.3, -0.25) is 14.3 Å². The summed E-state index contributed by atoms with van der Waals surface area (Å²) in [6.07, 6.45) is 1.84. The van der Waals surface area contributed by atoms with Gasteiger partial charge < -0.3 is 14.9 Å². The van der Waals surface area contributed by atoms with Crippen molar-refractivity contribution in [1.29, 1.82) is 0 Å². The Morgan fingerprint density at radius 1 is 1.50 bits per heavy atom. The van der Waals surface area contributed by atoms with E-state index in [2.05, 4.69) is 23.7 Å². The molecule has 2 heterocycles. The van der Waals surface area contributed by atoms with Gasteiger partial charge in [-0.1, -0.05) is 25.2 Å². The number of hydrogen-bond acceptors (Lipinski definition) is 5. The summed E-state index contributed by atoms with van der Waals surface area (Å²) in [5.74, 6) is 5.65. The summed E-state index contributed by atoms with van der Waals surface area (Å²) in [5, 5.41) is 18.8. The van der Waals surface area contributed by atoms with E-state index in [1.165, 1.54) is 10.8 Å². The second kappa shape index (κ2) is 7.40. The summed E-state index contributed by atoms with van der Waals surface area (Å²) in [4.78, 5) is 25.8. The monoisotopic (exact) mass is 308 g/mol. The molecule has 2 rings (SSSR count). The standard InChI is InChI=1S/C15H20N2O5/c1-2-3-4-5-6-10-8-17(15(21)16-14(10)20)13-7-11(19)12(9-18)22-13/h8,11-13,18-19H,2-4,7,9H2,1H3,(H,16,20,21)/t11-,12-,13?/m1/s1. The van der Waals surface area contributed by atoms with Gasteiger partial charge in [-0.2, -0.15) is 0 Å². The van der Waals surface area contributed by atoms with Gasteiger partial charge >= 0.3 is 5.69 Å². The Morgan fingerprint density at radius 3 is 2.91 bits per heavy atom. The lowest BCUT2D eigenvalue weighted by Gasteiger charge is -2.14. The predicted octanol–water partition coefficient (Wildman–Crippen LogP) is -0.281. The lowest BCUT2D eigenvalue weighted by atomic mass is 10.2. The number of hydrogen-bond donors (Lipinski definition) is 3. The molecule has 1 aliphatic rings. The molecule has 0 spiro atoms. The summed E-state index contributed by atoms with van der Waals surface area (Å²) in [6, 6.07) is 0. The summed E-state index contributed by atoms with van der Waals surface area (Å²) >= 11 is 0. The average molecular weight is 308 g/mol. The average Bonchev–Trinajstić information content (AvgIpc) is 2.86. The lowest BCUT2D eigenvalue weighted by molar-refractivity contribution is -0.0459. The summed E-state index contributed by atoms with van der Waals surface area (Å²) in [7, 11) is 0. The van der Waals surface area contributed by atoms with E-state index >= 15 is 0 Å². The zero-order valence-electron chi connectivity index (χ0n) is 12.4. The molecule has 0 amide bonds. The van der Waals surface area contributed by atoms with Crippen LogP contribution in [0.15, 0.2) is 15.8 Å². The fraction of sp³-hybridized carbons (Fsp3) is 0.600. The van der Waals surface area contributed by atoms with Gasteiger partial charge in [-0.15, -0.1) is 0 Å². The number of aromatic amines is 1. The molecule has 0 aromatic carbocycles. The molecule has 1 aliphatic heterocycles. The van der Waals surface area contributed by atoms with Gasteiger partial charge in [0.05, 0.1) is 12.7 Å². The second-order valence-electron chi connectivity index (χ2n) is 5.23. The van der Waals surface area contributed by atoms with Crippen LogP contribution in [-0.2, 0) is 4.74 Å². The number of aliphatic hydroxyl groups excluding tert-OH is 2. The molecule has 3 N–H and O–H groups in total. The molecule has 0 aliphatic carbocycles. The van der Waals surface area contributed by atoms with Gasteiger partial charge in [-0.25, -0.2) is 4.79 Å². The quantitative estimate of drug-likeness (QED) is 0.524. The van der Waals surface area contributed by atoms with Gasteiger partial charge in [0, 0.05) is 19.0 Å². The van der Waals surface area contributed by atoms with Crippen molar-refractivity contribution in [1.82, 2.24) is 9.55 Å². The SMILES string of the molecule is CCCCC#Cc1cn(C2C[C@@H](O)[C@@H](CO)O2)c(=O)[nH]c1=O. The van der Waals surface area contributed by atoms with E-state index < -0.39 is 29.7 Å². The molecule has 1 unspecified atom stereocenters. The summed E-state index contributed by atoms with van der Waals surface area (Å²) in [6.45, 7) is 1.72. The molecule has 7 nitrogen and oxygen atoms in total. The van der Waals surface area contributed by atoms with Gasteiger partial charge in [0.15, 0.2) is 0 Å². The van der Waals surface area contributed by atoms with Crippen LogP contribution < -0.4 is 11.2 Å². The lowest BCUT2D eigenvalue weighted by Crippen LogP contribution is -2.33. The Kier molecular flexibility index (Phi) is 5.55. The van der Waals surface area contributed by atoms with Gasteiger partial charge in [0.25, 0.3) is 5.56 Å². The summed E-state index contributed by atoms with van der Waals surface area (Å²) < 4.78 is 6.62. The van der Waals surface area contributed by atoms with Gasteiger partial charge in [-0.05, 0) is 6.42 Å². The van der Waals surface area contributed by atoms with Crippen LogP contribution >= 0.6 is 0 Å². The van der Waals surface area contributed by atoms with E-state index in [9.17, 15) is 14.7 Å². The molecule has 3 atom stereocenters. The van der Waals surface area contributed by atoms with Crippen LogP contribution in [0.25, 0.3) is 0 Å². The zero-order chi connectivity index (χ0) is 16.1. The zero-order valence-corrected chi connectivity index (χ0v) is 12.4. The highest BCUT2D eigenvalue weighted by Crippen LogP contribution is 2.27. The fourth-order valence-electron chi connectivity index (χ4n) is 2.26. The molecule has 22 heavy (non-hydrogen) atoms. The first-order chi connectivity index (χ1) is 10.6. The van der Waals surface area contributed by atoms with Crippen molar-refractivity contribution >= 4 is 0 Å². The molecule has 0 saturated carbocycles. The maximum absolute atomic E-state index is 11.9. The van der Waals surface area contributed by atoms with E-state index in [4.69, 9.17) is 9.84 Å². The van der Waals surface area contributed by atoms with Crippen molar-refractivity contribution in [2.75, 3.05) is 6.61 Å². The number of unbranched alkanes of at least 4 members (excludes halogenated alkanes) is 2. The van der Waals surface area contributed by atoms with Gasteiger partial charge in [0.1, 0.15) is 17.9 Å². The van der Waals surface area contributed by atoms with E-state index in [0.717, 1.165) is 12.8 Å². The maximum atomic E-state index is 11.9. The Hall–Kier alpha value is -1.88.